The fourth-order valence-electron chi connectivity index (χ4n) is 2.34. The van der Waals surface area contributed by atoms with Gasteiger partial charge in [-0.25, -0.2) is 27.4 Å². The van der Waals surface area contributed by atoms with Gasteiger partial charge in [0.25, 0.3) is 0 Å². The van der Waals surface area contributed by atoms with Crippen LogP contribution in [-0.2, 0) is 23.1 Å². The van der Waals surface area contributed by atoms with Gasteiger partial charge in [0.1, 0.15) is 29.9 Å². The first-order valence-electron chi connectivity index (χ1n) is 7.53. The normalized spacial score (nSPS) is 16.5. The number of benzene rings is 1. The lowest BCUT2D eigenvalue weighted by molar-refractivity contribution is 0.0119. The van der Waals surface area contributed by atoms with Gasteiger partial charge in [0.05, 0.1) is 22.8 Å². The number of aromatic nitrogens is 3. The van der Waals surface area contributed by atoms with E-state index in [4.69, 9.17) is 0 Å². The van der Waals surface area contributed by atoms with Gasteiger partial charge in [0, 0.05) is 18.2 Å². The van der Waals surface area contributed by atoms with Gasteiger partial charge in [-0.15, -0.1) is 0 Å². The van der Waals surface area contributed by atoms with Crippen LogP contribution in [0.4, 0.5) is 8.78 Å². The Kier molecular flexibility index (Phi) is 6.14. The standard InChI is InChI=1S/C15H20F2N4O2S/c1-3-6-20-24(23)11(2)15(22,8-21-10-18-9-19-21)13-5-4-12(16)7-14(13)17/h4-5,7,9-11,20,22H,3,6,8H2,1-2H3/t11-,15-,24?/m1/s1. The van der Waals surface area contributed by atoms with E-state index in [-0.39, 0.29) is 12.1 Å². The lowest BCUT2D eigenvalue weighted by Crippen LogP contribution is -2.47. The van der Waals surface area contributed by atoms with Crippen molar-refractivity contribution in [1.29, 1.82) is 0 Å². The SMILES string of the molecule is CCCNS(=O)[C@H](C)[C@](O)(Cn1cncn1)c1ccc(F)cc1F. The monoisotopic (exact) mass is 358 g/mol. The summed E-state index contributed by atoms with van der Waals surface area (Å²) in [6.45, 7) is 3.77. The molecule has 9 heteroatoms. The van der Waals surface area contributed by atoms with Crippen LogP contribution in [0.15, 0.2) is 30.9 Å². The molecule has 1 aromatic heterocycles. The highest BCUT2D eigenvalue weighted by atomic mass is 32.2. The van der Waals surface area contributed by atoms with E-state index in [0.717, 1.165) is 18.6 Å². The maximum Gasteiger partial charge on any atom is 0.137 e. The van der Waals surface area contributed by atoms with Crippen LogP contribution >= 0.6 is 0 Å². The molecule has 0 fully saturated rings. The van der Waals surface area contributed by atoms with E-state index in [2.05, 4.69) is 14.8 Å². The molecule has 1 heterocycles. The van der Waals surface area contributed by atoms with Crippen LogP contribution < -0.4 is 4.72 Å². The van der Waals surface area contributed by atoms with Crippen molar-refractivity contribution in [2.45, 2.75) is 37.7 Å². The summed E-state index contributed by atoms with van der Waals surface area (Å²) in [6, 6.07) is 2.91. The summed E-state index contributed by atoms with van der Waals surface area (Å²) < 4.78 is 44.0. The second kappa shape index (κ2) is 7.91. The van der Waals surface area contributed by atoms with Crippen molar-refractivity contribution >= 4 is 11.0 Å². The molecule has 2 N–H and O–H groups in total. The molecule has 0 saturated heterocycles. The molecule has 6 nitrogen and oxygen atoms in total. The quantitative estimate of drug-likeness (QED) is 0.749. The average molecular weight is 358 g/mol. The second-order valence-corrected chi connectivity index (χ2v) is 7.07. The molecular formula is C15H20F2N4O2S. The summed E-state index contributed by atoms with van der Waals surface area (Å²) in [7, 11) is -1.63. The third-order valence-corrected chi connectivity index (χ3v) is 5.28. The average Bonchev–Trinajstić information content (AvgIpc) is 3.04. The number of hydrogen-bond acceptors (Lipinski definition) is 4. The fourth-order valence-corrected chi connectivity index (χ4v) is 3.55. The Balaban J connectivity index is 2.42. The summed E-state index contributed by atoms with van der Waals surface area (Å²) in [5.74, 6) is -1.66. The topological polar surface area (TPSA) is 80.0 Å². The summed E-state index contributed by atoms with van der Waals surface area (Å²) >= 11 is 0. The molecule has 3 atom stereocenters. The molecule has 1 unspecified atom stereocenters. The van der Waals surface area contributed by atoms with Crippen LogP contribution in [0.1, 0.15) is 25.8 Å². The number of aliphatic hydroxyl groups is 1. The lowest BCUT2D eigenvalue weighted by Gasteiger charge is -2.34. The smallest absolute Gasteiger partial charge is 0.137 e. The minimum atomic E-state index is -1.86. The molecule has 0 aliphatic heterocycles. The molecule has 0 aliphatic carbocycles. The first-order chi connectivity index (χ1) is 11.4. The molecule has 24 heavy (non-hydrogen) atoms. The molecule has 0 bridgehead atoms. The Morgan fingerprint density at radius 1 is 1.46 bits per heavy atom. The maximum atomic E-state index is 14.3. The van der Waals surface area contributed by atoms with Gasteiger partial charge in [-0.3, -0.25) is 0 Å². The highest BCUT2D eigenvalue weighted by Gasteiger charge is 2.42. The van der Waals surface area contributed by atoms with Crippen molar-refractivity contribution in [1.82, 2.24) is 19.5 Å². The largest absolute Gasteiger partial charge is 0.382 e. The minimum absolute atomic E-state index is 0.140. The Labute approximate surface area is 141 Å². The van der Waals surface area contributed by atoms with Crippen LogP contribution in [0.5, 0.6) is 0 Å². The Hall–Kier alpha value is -1.71. The van der Waals surface area contributed by atoms with Crippen LogP contribution in [0, 0.1) is 11.6 Å². The molecule has 2 aromatic rings. The van der Waals surface area contributed by atoms with Crippen molar-refractivity contribution in [3.05, 3.63) is 48.1 Å². The van der Waals surface area contributed by atoms with E-state index >= 15 is 0 Å². The van der Waals surface area contributed by atoms with E-state index in [1.54, 1.807) is 6.92 Å². The second-order valence-electron chi connectivity index (χ2n) is 5.48. The molecule has 0 saturated carbocycles. The molecular weight excluding hydrogens is 338 g/mol. The number of rotatable bonds is 8. The maximum absolute atomic E-state index is 14.3. The zero-order valence-corrected chi connectivity index (χ0v) is 14.3. The van der Waals surface area contributed by atoms with Crippen molar-refractivity contribution in [2.24, 2.45) is 0 Å². The molecule has 0 radical (unpaired) electrons. The van der Waals surface area contributed by atoms with E-state index in [9.17, 15) is 18.1 Å². The van der Waals surface area contributed by atoms with Gasteiger partial charge in [-0.05, 0) is 19.4 Å². The van der Waals surface area contributed by atoms with Crippen molar-refractivity contribution < 1.29 is 18.1 Å². The minimum Gasteiger partial charge on any atom is -0.382 e. The third kappa shape index (κ3) is 4.03. The van der Waals surface area contributed by atoms with E-state index in [1.165, 1.54) is 17.3 Å². The lowest BCUT2D eigenvalue weighted by atomic mass is 9.90. The fraction of sp³-hybridized carbons (Fsp3) is 0.467. The van der Waals surface area contributed by atoms with Crippen LogP contribution in [0.3, 0.4) is 0 Å². The van der Waals surface area contributed by atoms with Gasteiger partial charge < -0.3 is 5.11 Å². The van der Waals surface area contributed by atoms with Crippen LogP contribution in [-0.4, -0.2) is 35.9 Å². The Morgan fingerprint density at radius 2 is 2.21 bits per heavy atom. The van der Waals surface area contributed by atoms with E-state index in [1.807, 2.05) is 6.92 Å². The summed E-state index contributed by atoms with van der Waals surface area (Å²) in [5.41, 5.74) is -2.00. The molecule has 2 rings (SSSR count). The predicted octanol–water partition coefficient (Wildman–Crippen LogP) is 1.50. The zero-order valence-electron chi connectivity index (χ0n) is 13.4. The molecule has 0 amide bonds. The highest BCUT2D eigenvalue weighted by Crippen LogP contribution is 2.32. The van der Waals surface area contributed by atoms with Gasteiger partial charge in [-0.2, -0.15) is 5.10 Å². The van der Waals surface area contributed by atoms with Crippen LogP contribution in [0.25, 0.3) is 0 Å². The highest BCUT2D eigenvalue weighted by molar-refractivity contribution is 7.83. The van der Waals surface area contributed by atoms with Crippen molar-refractivity contribution in [3.8, 4) is 0 Å². The molecule has 0 spiro atoms. The Morgan fingerprint density at radius 3 is 2.79 bits per heavy atom. The number of halogens is 2. The molecule has 0 aliphatic rings. The molecule has 1 aromatic carbocycles. The van der Waals surface area contributed by atoms with Gasteiger partial charge >= 0.3 is 0 Å². The summed E-state index contributed by atoms with van der Waals surface area (Å²) in [5, 5.41) is 14.2. The summed E-state index contributed by atoms with van der Waals surface area (Å²) in [4.78, 5) is 3.79. The Bertz CT molecular complexity index is 699. The third-order valence-electron chi connectivity index (χ3n) is 3.76. The first-order valence-corrected chi connectivity index (χ1v) is 8.74. The summed E-state index contributed by atoms with van der Waals surface area (Å²) in [6.07, 6.45) is 3.39. The number of nitrogens with one attached hydrogen (secondary N) is 1. The van der Waals surface area contributed by atoms with E-state index < -0.39 is 33.5 Å². The number of hydrogen-bond donors (Lipinski definition) is 2. The van der Waals surface area contributed by atoms with Gasteiger partial charge in [0.2, 0.25) is 0 Å². The van der Waals surface area contributed by atoms with Crippen LogP contribution in [0.2, 0.25) is 0 Å². The van der Waals surface area contributed by atoms with Gasteiger partial charge in [0.15, 0.2) is 0 Å². The number of nitrogens with zero attached hydrogens (tertiary/aromatic N) is 3. The van der Waals surface area contributed by atoms with E-state index in [0.29, 0.717) is 12.6 Å². The van der Waals surface area contributed by atoms with Crippen molar-refractivity contribution in [3.63, 3.8) is 0 Å². The van der Waals surface area contributed by atoms with Crippen molar-refractivity contribution in [2.75, 3.05) is 6.54 Å². The molecule has 132 valence electrons. The van der Waals surface area contributed by atoms with Gasteiger partial charge in [-0.1, -0.05) is 13.0 Å². The first kappa shape index (κ1) is 18.6. The predicted molar refractivity (Wildman–Crippen MR) is 86.2 cm³/mol. The zero-order chi connectivity index (χ0) is 17.7.